The van der Waals surface area contributed by atoms with Crippen molar-refractivity contribution in [3.05, 3.63) is 0 Å². The van der Waals surface area contributed by atoms with E-state index in [4.69, 9.17) is 4.74 Å². The molecule has 1 rings (SSSR count). The summed E-state index contributed by atoms with van der Waals surface area (Å²) in [5.41, 5.74) is -0.268. The van der Waals surface area contributed by atoms with Crippen molar-refractivity contribution >= 4 is 6.41 Å². The minimum absolute atomic E-state index is 0.0144. The van der Waals surface area contributed by atoms with Gasteiger partial charge < -0.3 is 14.7 Å². The van der Waals surface area contributed by atoms with Crippen molar-refractivity contribution in [1.82, 2.24) is 4.90 Å². The van der Waals surface area contributed by atoms with E-state index in [1.54, 1.807) is 11.8 Å². The third kappa shape index (κ3) is 2.96. The maximum Gasteiger partial charge on any atom is 0.210 e. The van der Waals surface area contributed by atoms with Gasteiger partial charge >= 0.3 is 0 Å². The quantitative estimate of drug-likeness (QED) is 0.672. The van der Waals surface area contributed by atoms with Crippen LogP contribution in [0.3, 0.4) is 0 Å². The Balaban J connectivity index is 2.57. The lowest BCUT2D eigenvalue weighted by molar-refractivity contribution is -0.146. The third-order valence-electron chi connectivity index (χ3n) is 2.45. The summed E-state index contributed by atoms with van der Waals surface area (Å²) in [4.78, 5) is 12.5. The molecule has 0 aliphatic carbocycles. The van der Waals surface area contributed by atoms with E-state index in [0.717, 1.165) is 6.41 Å². The van der Waals surface area contributed by atoms with Gasteiger partial charge in [0.25, 0.3) is 0 Å². The molecule has 1 fully saturated rings. The monoisotopic (exact) mass is 201 g/mol. The van der Waals surface area contributed by atoms with E-state index in [-0.39, 0.29) is 11.6 Å². The summed E-state index contributed by atoms with van der Waals surface area (Å²) < 4.78 is 5.60. The van der Waals surface area contributed by atoms with E-state index < -0.39 is 6.10 Å². The van der Waals surface area contributed by atoms with Crippen LogP contribution in [0.25, 0.3) is 0 Å². The Morgan fingerprint density at radius 1 is 1.71 bits per heavy atom. The molecule has 0 bridgehead atoms. The van der Waals surface area contributed by atoms with Crippen molar-refractivity contribution in [3.63, 3.8) is 0 Å². The molecule has 82 valence electrons. The van der Waals surface area contributed by atoms with Crippen molar-refractivity contribution in [1.29, 1.82) is 0 Å². The number of hydrogen-bond acceptors (Lipinski definition) is 3. The van der Waals surface area contributed by atoms with Crippen molar-refractivity contribution in [2.24, 2.45) is 0 Å². The third-order valence-corrected chi connectivity index (χ3v) is 2.45. The minimum atomic E-state index is -0.396. The highest BCUT2D eigenvalue weighted by Gasteiger charge is 2.33. The van der Waals surface area contributed by atoms with Crippen LogP contribution in [0.2, 0.25) is 0 Å². The maximum absolute atomic E-state index is 10.8. The van der Waals surface area contributed by atoms with Gasteiger partial charge in [-0.15, -0.1) is 0 Å². The number of ether oxygens (including phenoxy) is 1. The first-order valence-corrected chi connectivity index (χ1v) is 4.97. The molecule has 14 heavy (non-hydrogen) atoms. The van der Waals surface area contributed by atoms with Crippen molar-refractivity contribution in [2.45, 2.75) is 44.9 Å². The molecule has 0 spiro atoms. The SMILES string of the molecule is CC(O)CC1COC(C)(C)CN1C=O. The summed E-state index contributed by atoms with van der Waals surface area (Å²) in [6.07, 6.45) is 1.03. The number of carbonyl (C=O) groups excluding carboxylic acids is 1. The molecule has 4 nitrogen and oxygen atoms in total. The van der Waals surface area contributed by atoms with Gasteiger partial charge in [-0.2, -0.15) is 0 Å². The lowest BCUT2D eigenvalue weighted by Gasteiger charge is -2.42. The van der Waals surface area contributed by atoms with Gasteiger partial charge in [-0.25, -0.2) is 0 Å². The molecule has 1 aliphatic heterocycles. The van der Waals surface area contributed by atoms with Crippen molar-refractivity contribution in [3.8, 4) is 0 Å². The summed E-state index contributed by atoms with van der Waals surface area (Å²) in [6.45, 7) is 6.75. The molecule has 2 atom stereocenters. The molecule has 0 aromatic heterocycles. The van der Waals surface area contributed by atoms with Crippen molar-refractivity contribution < 1.29 is 14.6 Å². The molecule has 1 aliphatic rings. The van der Waals surface area contributed by atoms with Gasteiger partial charge in [-0.3, -0.25) is 4.79 Å². The Bertz CT molecular complexity index is 204. The van der Waals surface area contributed by atoms with Crippen LogP contribution in [-0.2, 0) is 9.53 Å². The van der Waals surface area contributed by atoms with Gasteiger partial charge in [0.2, 0.25) is 6.41 Å². The van der Waals surface area contributed by atoms with Crippen LogP contribution < -0.4 is 0 Å². The minimum Gasteiger partial charge on any atom is -0.393 e. The molecule has 0 aromatic rings. The lowest BCUT2D eigenvalue weighted by Crippen LogP contribution is -2.54. The van der Waals surface area contributed by atoms with E-state index >= 15 is 0 Å². The van der Waals surface area contributed by atoms with Gasteiger partial charge in [0.1, 0.15) is 0 Å². The van der Waals surface area contributed by atoms with Gasteiger partial charge in [-0.05, 0) is 27.2 Å². The number of rotatable bonds is 3. The summed E-state index contributed by atoms with van der Waals surface area (Å²) in [5, 5.41) is 9.25. The largest absolute Gasteiger partial charge is 0.393 e. The summed E-state index contributed by atoms with van der Waals surface area (Å²) >= 11 is 0. The zero-order valence-corrected chi connectivity index (χ0v) is 9.06. The molecule has 1 N–H and O–H groups in total. The first kappa shape index (κ1) is 11.5. The predicted molar refractivity (Wildman–Crippen MR) is 52.9 cm³/mol. The van der Waals surface area contributed by atoms with Crippen molar-refractivity contribution in [2.75, 3.05) is 13.2 Å². The molecule has 1 heterocycles. The van der Waals surface area contributed by atoms with Crippen LogP contribution in [0.5, 0.6) is 0 Å². The number of morpholine rings is 1. The number of amides is 1. The van der Waals surface area contributed by atoms with E-state index in [9.17, 15) is 9.90 Å². The summed E-state index contributed by atoms with van der Waals surface area (Å²) in [7, 11) is 0. The molecule has 0 saturated carbocycles. The number of aliphatic hydroxyl groups excluding tert-OH is 1. The number of hydrogen-bond donors (Lipinski definition) is 1. The van der Waals surface area contributed by atoms with Gasteiger partial charge in [-0.1, -0.05) is 0 Å². The zero-order chi connectivity index (χ0) is 10.8. The Morgan fingerprint density at radius 3 is 2.86 bits per heavy atom. The second-order valence-corrected chi connectivity index (χ2v) is 4.59. The van der Waals surface area contributed by atoms with E-state index in [1.165, 1.54) is 0 Å². The van der Waals surface area contributed by atoms with Gasteiger partial charge in [0, 0.05) is 6.54 Å². The topological polar surface area (TPSA) is 49.8 Å². The van der Waals surface area contributed by atoms with Crippen LogP contribution in [0.15, 0.2) is 0 Å². The average Bonchev–Trinajstić information content (AvgIpc) is 2.07. The fraction of sp³-hybridized carbons (Fsp3) is 0.900. The first-order valence-electron chi connectivity index (χ1n) is 4.97. The number of nitrogens with zero attached hydrogens (tertiary/aromatic N) is 1. The molecule has 0 radical (unpaired) electrons. The second kappa shape index (κ2) is 4.28. The van der Waals surface area contributed by atoms with Gasteiger partial charge in [0.15, 0.2) is 0 Å². The highest BCUT2D eigenvalue weighted by Crippen LogP contribution is 2.21. The summed E-state index contributed by atoms with van der Waals surface area (Å²) in [5.74, 6) is 0. The van der Waals surface area contributed by atoms with E-state index in [1.807, 2.05) is 13.8 Å². The highest BCUT2D eigenvalue weighted by molar-refractivity contribution is 5.48. The lowest BCUT2D eigenvalue weighted by atomic mass is 10.0. The normalized spacial score (nSPS) is 28.6. The number of aliphatic hydroxyl groups is 1. The van der Waals surface area contributed by atoms with Crippen LogP contribution in [0.1, 0.15) is 27.2 Å². The Morgan fingerprint density at radius 2 is 2.36 bits per heavy atom. The standard InChI is InChI=1S/C10H19NO3/c1-8(13)4-9-5-14-10(2,3)6-11(9)7-12/h7-9,13H,4-6H2,1-3H3. The molecular formula is C10H19NO3. The van der Waals surface area contributed by atoms with Crippen LogP contribution in [0, 0.1) is 0 Å². The second-order valence-electron chi connectivity index (χ2n) is 4.59. The highest BCUT2D eigenvalue weighted by atomic mass is 16.5. The first-order chi connectivity index (χ1) is 6.44. The van der Waals surface area contributed by atoms with E-state index in [0.29, 0.717) is 19.6 Å². The predicted octanol–water partition coefficient (Wildman–Crippen LogP) is 0.393. The maximum atomic E-state index is 10.8. The Kier molecular flexibility index (Phi) is 3.50. The van der Waals surface area contributed by atoms with Crippen LogP contribution >= 0.6 is 0 Å². The smallest absolute Gasteiger partial charge is 0.210 e. The Hall–Kier alpha value is -0.610. The molecule has 1 saturated heterocycles. The molecule has 2 unspecified atom stereocenters. The average molecular weight is 201 g/mol. The molecule has 0 aromatic carbocycles. The van der Waals surface area contributed by atoms with Gasteiger partial charge in [0.05, 0.1) is 24.4 Å². The molecule has 1 amide bonds. The van der Waals surface area contributed by atoms with Crippen LogP contribution in [-0.4, -0.2) is 47.3 Å². The zero-order valence-electron chi connectivity index (χ0n) is 9.06. The van der Waals surface area contributed by atoms with Crippen LogP contribution in [0.4, 0.5) is 0 Å². The van der Waals surface area contributed by atoms with E-state index in [2.05, 4.69) is 0 Å². The molecule has 4 heteroatoms. The fourth-order valence-corrected chi connectivity index (χ4v) is 1.75. The fourth-order valence-electron chi connectivity index (χ4n) is 1.75. The number of carbonyl (C=O) groups is 1. The molecular weight excluding hydrogens is 182 g/mol. The Labute approximate surface area is 84.8 Å². The summed E-state index contributed by atoms with van der Waals surface area (Å²) in [6, 6.07) is 0.0144.